The summed E-state index contributed by atoms with van der Waals surface area (Å²) in [6.07, 6.45) is 2.17. The molecule has 1 atom stereocenters. The summed E-state index contributed by atoms with van der Waals surface area (Å²) in [5, 5.41) is 4.07. The van der Waals surface area contributed by atoms with E-state index in [4.69, 9.17) is 9.26 Å². The topological polar surface area (TPSA) is 68.5 Å². The first-order valence-electron chi connectivity index (χ1n) is 7.91. The third-order valence-corrected chi connectivity index (χ3v) is 4.12. The van der Waals surface area contributed by atoms with Crippen molar-refractivity contribution in [1.82, 2.24) is 15.0 Å². The zero-order valence-electron chi connectivity index (χ0n) is 13.3. The first-order valence-corrected chi connectivity index (χ1v) is 7.91. The summed E-state index contributed by atoms with van der Waals surface area (Å²) >= 11 is 0. The van der Waals surface area contributed by atoms with Crippen LogP contribution in [0.15, 0.2) is 34.9 Å². The monoisotopic (exact) mass is 315 g/mol. The van der Waals surface area contributed by atoms with Crippen LogP contribution in [0.5, 0.6) is 0 Å². The molecule has 1 aliphatic rings. The molecule has 0 bridgehead atoms. The molecule has 1 fully saturated rings. The van der Waals surface area contributed by atoms with Crippen molar-refractivity contribution in [3.63, 3.8) is 0 Å². The molecule has 6 nitrogen and oxygen atoms in total. The minimum absolute atomic E-state index is 0.160. The van der Waals surface area contributed by atoms with Gasteiger partial charge in [0.25, 0.3) is 5.89 Å². The van der Waals surface area contributed by atoms with Gasteiger partial charge >= 0.3 is 0 Å². The van der Waals surface area contributed by atoms with E-state index >= 15 is 0 Å². The SMILES string of the molecule is COCCC(=O)N1CCC(Cc2noc(-c3ccccc3)n2)C1. The number of likely N-dealkylation sites (tertiary alicyclic amines) is 1. The Hall–Kier alpha value is -2.21. The molecular weight excluding hydrogens is 294 g/mol. The van der Waals surface area contributed by atoms with E-state index in [1.807, 2.05) is 35.2 Å². The first-order chi connectivity index (χ1) is 11.3. The van der Waals surface area contributed by atoms with Crippen LogP contribution in [0.2, 0.25) is 0 Å². The number of rotatable bonds is 6. The van der Waals surface area contributed by atoms with Crippen LogP contribution < -0.4 is 0 Å². The van der Waals surface area contributed by atoms with Crippen LogP contribution in [-0.2, 0) is 16.0 Å². The van der Waals surface area contributed by atoms with Gasteiger partial charge < -0.3 is 14.2 Å². The second-order valence-corrected chi connectivity index (χ2v) is 5.82. The maximum absolute atomic E-state index is 12.0. The number of ether oxygens (including phenoxy) is 1. The average Bonchev–Trinajstić information content (AvgIpc) is 3.23. The van der Waals surface area contributed by atoms with Crippen LogP contribution in [0, 0.1) is 5.92 Å². The zero-order valence-corrected chi connectivity index (χ0v) is 13.3. The lowest BCUT2D eigenvalue weighted by Crippen LogP contribution is -2.29. The van der Waals surface area contributed by atoms with Gasteiger partial charge in [-0.3, -0.25) is 4.79 Å². The zero-order chi connectivity index (χ0) is 16.1. The summed E-state index contributed by atoms with van der Waals surface area (Å²) in [6, 6.07) is 9.74. The normalized spacial score (nSPS) is 17.6. The first kappa shape index (κ1) is 15.7. The van der Waals surface area contributed by atoms with Gasteiger partial charge in [-0.1, -0.05) is 23.4 Å². The molecule has 1 saturated heterocycles. The highest BCUT2D eigenvalue weighted by Gasteiger charge is 2.27. The Labute approximate surface area is 135 Å². The molecule has 3 rings (SSSR count). The van der Waals surface area contributed by atoms with Crippen molar-refractivity contribution in [2.75, 3.05) is 26.8 Å². The minimum Gasteiger partial charge on any atom is -0.384 e. The van der Waals surface area contributed by atoms with Crippen molar-refractivity contribution in [2.45, 2.75) is 19.3 Å². The highest BCUT2D eigenvalue weighted by Crippen LogP contribution is 2.22. The molecule has 1 aliphatic heterocycles. The maximum Gasteiger partial charge on any atom is 0.257 e. The lowest BCUT2D eigenvalue weighted by atomic mass is 10.1. The van der Waals surface area contributed by atoms with E-state index in [9.17, 15) is 4.79 Å². The van der Waals surface area contributed by atoms with Crippen LogP contribution in [0.4, 0.5) is 0 Å². The van der Waals surface area contributed by atoms with Crippen molar-refractivity contribution >= 4 is 5.91 Å². The lowest BCUT2D eigenvalue weighted by Gasteiger charge is -2.15. The molecule has 1 amide bonds. The van der Waals surface area contributed by atoms with Crippen molar-refractivity contribution < 1.29 is 14.1 Å². The van der Waals surface area contributed by atoms with Crippen LogP contribution in [0.3, 0.4) is 0 Å². The van der Waals surface area contributed by atoms with Gasteiger partial charge in [0, 0.05) is 32.2 Å². The fraction of sp³-hybridized carbons (Fsp3) is 0.471. The van der Waals surface area contributed by atoms with Gasteiger partial charge in [0.2, 0.25) is 5.91 Å². The second-order valence-electron chi connectivity index (χ2n) is 5.82. The fourth-order valence-corrected chi connectivity index (χ4v) is 2.87. The van der Waals surface area contributed by atoms with Crippen molar-refractivity contribution in [3.05, 3.63) is 36.2 Å². The number of benzene rings is 1. The Morgan fingerprint density at radius 3 is 3.00 bits per heavy atom. The van der Waals surface area contributed by atoms with Gasteiger partial charge in [-0.2, -0.15) is 4.98 Å². The summed E-state index contributed by atoms with van der Waals surface area (Å²) < 4.78 is 10.3. The summed E-state index contributed by atoms with van der Waals surface area (Å²) in [4.78, 5) is 18.4. The molecule has 23 heavy (non-hydrogen) atoms. The van der Waals surface area contributed by atoms with Gasteiger partial charge in [0.1, 0.15) is 0 Å². The van der Waals surface area contributed by atoms with E-state index in [1.165, 1.54) is 0 Å². The number of aromatic nitrogens is 2. The molecule has 0 N–H and O–H groups in total. The van der Waals surface area contributed by atoms with Crippen LogP contribution in [0.25, 0.3) is 11.5 Å². The van der Waals surface area contributed by atoms with Gasteiger partial charge in [-0.15, -0.1) is 0 Å². The molecule has 1 aromatic carbocycles. The predicted molar refractivity (Wildman–Crippen MR) is 84.6 cm³/mol. The van der Waals surface area contributed by atoms with Crippen LogP contribution in [0.1, 0.15) is 18.7 Å². The molecule has 2 heterocycles. The third kappa shape index (κ3) is 3.96. The maximum atomic E-state index is 12.0. The number of hydrogen-bond acceptors (Lipinski definition) is 5. The van der Waals surface area contributed by atoms with E-state index in [0.29, 0.717) is 30.7 Å². The van der Waals surface area contributed by atoms with E-state index < -0.39 is 0 Å². The number of methoxy groups -OCH3 is 1. The molecule has 2 aromatic rings. The van der Waals surface area contributed by atoms with Crippen LogP contribution in [-0.4, -0.2) is 47.8 Å². The standard InChI is InChI=1S/C17H21N3O3/c1-22-10-8-16(21)20-9-7-13(12-20)11-15-18-17(23-19-15)14-5-3-2-4-6-14/h2-6,13H,7-12H2,1H3. The Morgan fingerprint density at radius 2 is 2.22 bits per heavy atom. The molecule has 0 saturated carbocycles. The summed E-state index contributed by atoms with van der Waals surface area (Å²) in [6.45, 7) is 2.04. The number of nitrogens with zero attached hydrogens (tertiary/aromatic N) is 3. The molecule has 1 unspecified atom stereocenters. The number of hydrogen-bond donors (Lipinski definition) is 0. The summed E-state index contributed by atoms with van der Waals surface area (Å²) in [5.41, 5.74) is 0.925. The van der Waals surface area contributed by atoms with Crippen molar-refractivity contribution in [3.8, 4) is 11.5 Å². The Balaban J connectivity index is 1.55. The third-order valence-electron chi connectivity index (χ3n) is 4.12. The molecule has 122 valence electrons. The second kappa shape index (κ2) is 7.37. The van der Waals surface area contributed by atoms with Gasteiger partial charge in [0.15, 0.2) is 5.82 Å². The smallest absolute Gasteiger partial charge is 0.257 e. The molecule has 0 aliphatic carbocycles. The van der Waals surface area contributed by atoms with Gasteiger partial charge in [0.05, 0.1) is 13.0 Å². The fourth-order valence-electron chi connectivity index (χ4n) is 2.87. The predicted octanol–water partition coefficient (Wildman–Crippen LogP) is 2.16. The Kier molecular flexibility index (Phi) is 5.02. The van der Waals surface area contributed by atoms with E-state index in [0.717, 1.165) is 31.5 Å². The highest BCUT2D eigenvalue weighted by molar-refractivity contribution is 5.76. The van der Waals surface area contributed by atoms with Crippen molar-refractivity contribution in [2.24, 2.45) is 5.92 Å². The molecule has 0 spiro atoms. The highest BCUT2D eigenvalue weighted by atomic mass is 16.5. The van der Waals surface area contributed by atoms with Gasteiger partial charge in [-0.25, -0.2) is 0 Å². The Morgan fingerprint density at radius 1 is 1.39 bits per heavy atom. The Bertz CT molecular complexity index is 642. The molecular formula is C17H21N3O3. The quantitative estimate of drug-likeness (QED) is 0.817. The largest absolute Gasteiger partial charge is 0.384 e. The van der Waals surface area contributed by atoms with E-state index in [2.05, 4.69) is 10.1 Å². The summed E-state index contributed by atoms with van der Waals surface area (Å²) in [5.74, 6) is 1.81. The average molecular weight is 315 g/mol. The molecule has 1 aromatic heterocycles. The number of amides is 1. The number of carbonyl (C=O) groups excluding carboxylic acids is 1. The minimum atomic E-state index is 0.160. The molecule has 6 heteroatoms. The molecule has 0 radical (unpaired) electrons. The van der Waals surface area contributed by atoms with E-state index in [1.54, 1.807) is 7.11 Å². The van der Waals surface area contributed by atoms with Crippen LogP contribution >= 0.6 is 0 Å². The summed E-state index contributed by atoms with van der Waals surface area (Å²) in [7, 11) is 1.61. The van der Waals surface area contributed by atoms with Crippen molar-refractivity contribution in [1.29, 1.82) is 0 Å². The van der Waals surface area contributed by atoms with Gasteiger partial charge in [-0.05, 0) is 24.5 Å². The van der Waals surface area contributed by atoms with E-state index in [-0.39, 0.29) is 5.91 Å². The number of carbonyl (C=O) groups is 1. The lowest BCUT2D eigenvalue weighted by molar-refractivity contribution is -0.131.